The molecule has 29 heavy (non-hydrogen) atoms. The van der Waals surface area contributed by atoms with Crippen LogP contribution in [0.1, 0.15) is 18.3 Å². The molecule has 0 radical (unpaired) electrons. The molecule has 0 N–H and O–H groups in total. The van der Waals surface area contributed by atoms with Gasteiger partial charge in [-0.05, 0) is 12.1 Å². The quantitative estimate of drug-likeness (QED) is 0.467. The van der Waals surface area contributed by atoms with Gasteiger partial charge in [-0.15, -0.1) is 0 Å². The van der Waals surface area contributed by atoms with Gasteiger partial charge in [0.15, 0.2) is 0 Å². The summed E-state index contributed by atoms with van der Waals surface area (Å²) < 4.78 is 46.6. The van der Waals surface area contributed by atoms with Crippen molar-refractivity contribution in [2.75, 3.05) is 0 Å². The fourth-order valence-corrected chi connectivity index (χ4v) is 2.57. The van der Waals surface area contributed by atoms with Crippen molar-refractivity contribution in [1.82, 2.24) is 24.3 Å². The molecule has 0 fully saturated rings. The van der Waals surface area contributed by atoms with Crippen LogP contribution in [-0.2, 0) is 12.5 Å². The van der Waals surface area contributed by atoms with Crippen molar-refractivity contribution < 1.29 is 22.6 Å². The highest BCUT2D eigenvalue weighted by Gasteiger charge is 2.25. The van der Waals surface area contributed by atoms with Gasteiger partial charge in [0.2, 0.25) is 11.7 Å². The molecule has 0 aliphatic rings. The highest BCUT2D eigenvalue weighted by Crippen LogP contribution is 2.27. The lowest BCUT2D eigenvalue weighted by Gasteiger charge is -2.09. The number of imidazole rings is 1. The summed E-state index contributed by atoms with van der Waals surface area (Å²) in [6.45, 7) is 0.943. The zero-order valence-electron chi connectivity index (χ0n) is 15.1. The minimum atomic E-state index is -2.99. The number of pyridine rings is 2. The van der Waals surface area contributed by atoms with Gasteiger partial charge in [0.25, 0.3) is 5.92 Å². The third kappa shape index (κ3) is 4.48. The first kappa shape index (κ1) is 20.2. The van der Waals surface area contributed by atoms with Crippen LogP contribution in [0.3, 0.4) is 0 Å². The summed E-state index contributed by atoms with van der Waals surface area (Å²) >= 11 is 0. The monoisotopic (exact) mass is 405 g/mol. The van der Waals surface area contributed by atoms with Crippen LogP contribution in [0.5, 0.6) is 5.88 Å². The van der Waals surface area contributed by atoms with Crippen molar-refractivity contribution in [2.45, 2.75) is 19.5 Å². The molecule has 0 aliphatic heterocycles. The van der Waals surface area contributed by atoms with E-state index in [9.17, 15) is 13.2 Å². The van der Waals surface area contributed by atoms with Crippen LogP contribution >= 0.6 is 0 Å². The lowest BCUT2D eigenvalue weighted by atomic mass is 10.1. The van der Waals surface area contributed by atoms with Gasteiger partial charge in [-0.1, -0.05) is 6.07 Å². The molecule has 4 rings (SSSR count). The summed E-state index contributed by atoms with van der Waals surface area (Å²) in [7, 11) is 0. The highest BCUT2D eigenvalue weighted by molar-refractivity contribution is 5.61. The normalized spacial score (nSPS) is 11.3. The van der Waals surface area contributed by atoms with Crippen LogP contribution in [-0.4, -0.2) is 24.3 Å². The van der Waals surface area contributed by atoms with E-state index in [1.54, 1.807) is 29.1 Å². The average molecular weight is 405 g/mol. The lowest BCUT2D eigenvalue weighted by molar-refractivity contribution is 0.0128. The first-order valence-corrected chi connectivity index (χ1v) is 8.31. The van der Waals surface area contributed by atoms with Crippen molar-refractivity contribution in [3.63, 3.8) is 0 Å². The number of alkyl halides is 2. The van der Waals surface area contributed by atoms with Gasteiger partial charge < -0.3 is 4.74 Å². The molecular formula is C19H15F4N5O. The predicted molar refractivity (Wildman–Crippen MR) is 96.8 cm³/mol. The molecule has 0 unspecified atom stereocenters. The summed E-state index contributed by atoms with van der Waals surface area (Å²) in [6, 6.07) is 5.55. The maximum Gasteiger partial charge on any atom is 0.286 e. The second-order valence-electron chi connectivity index (χ2n) is 6.21. The number of ether oxygens (including phenoxy) is 1. The molecule has 0 amide bonds. The third-order valence-electron chi connectivity index (χ3n) is 3.97. The number of aromatic nitrogens is 5. The minimum Gasteiger partial charge on any atom is -0.471 e. The number of halogens is 4. The van der Waals surface area contributed by atoms with E-state index in [1.165, 1.54) is 24.4 Å². The van der Waals surface area contributed by atoms with E-state index in [2.05, 4.69) is 19.9 Å². The molecular weight excluding hydrogens is 390 g/mol. The van der Waals surface area contributed by atoms with Gasteiger partial charge in [-0.3, -0.25) is 14.1 Å². The average Bonchev–Trinajstić information content (AvgIpc) is 3.09. The number of rotatable bonds is 5. The molecule has 0 aromatic carbocycles. The molecule has 0 bridgehead atoms. The lowest BCUT2D eigenvalue weighted by Crippen LogP contribution is -2.09. The van der Waals surface area contributed by atoms with Crippen LogP contribution in [0.15, 0.2) is 55.2 Å². The van der Waals surface area contributed by atoms with Crippen molar-refractivity contribution in [1.29, 1.82) is 0 Å². The Morgan fingerprint density at radius 2 is 1.76 bits per heavy atom. The Labute approximate surface area is 162 Å². The Bertz CT molecular complexity index is 1110. The largest absolute Gasteiger partial charge is 0.471 e. The summed E-state index contributed by atoms with van der Waals surface area (Å²) in [6.07, 6.45) is 7.56. The molecule has 0 atom stereocenters. The number of nitrogens with zero attached hydrogens (tertiary/aromatic N) is 5. The van der Waals surface area contributed by atoms with E-state index in [4.69, 9.17) is 4.74 Å². The summed E-state index contributed by atoms with van der Waals surface area (Å²) in [5, 5.41) is 0. The number of hydrogen-bond donors (Lipinski definition) is 0. The molecule has 4 heterocycles. The van der Waals surface area contributed by atoms with Gasteiger partial charge in [0.1, 0.15) is 18.1 Å². The summed E-state index contributed by atoms with van der Waals surface area (Å²) in [4.78, 5) is 16.2. The van der Waals surface area contributed by atoms with Gasteiger partial charge in [-0.2, -0.15) is 8.78 Å². The van der Waals surface area contributed by atoms with Crippen molar-refractivity contribution in [2.24, 2.45) is 0 Å². The Kier molecular flexibility index (Phi) is 5.44. The molecule has 10 heteroatoms. The zero-order chi connectivity index (χ0) is 19.7. The second kappa shape index (κ2) is 7.82. The smallest absolute Gasteiger partial charge is 0.286 e. The second-order valence-corrected chi connectivity index (χ2v) is 6.21. The Hall–Kier alpha value is -3.56. The third-order valence-corrected chi connectivity index (χ3v) is 3.97. The van der Waals surface area contributed by atoms with Gasteiger partial charge in [-0.25, -0.2) is 19.3 Å². The predicted octanol–water partition coefficient (Wildman–Crippen LogP) is 4.17. The Balaban J connectivity index is 0.00000240. The van der Waals surface area contributed by atoms with Crippen molar-refractivity contribution >= 4 is 5.78 Å². The first-order chi connectivity index (χ1) is 13.4. The Morgan fingerprint density at radius 1 is 0.966 bits per heavy atom. The van der Waals surface area contributed by atoms with Gasteiger partial charge >= 0.3 is 0 Å². The van der Waals surface area contributed by atoms with Crippen LogP contribution in [0, 0.1) is 5.82 Å². The Morgan fingerprint density at radius 3 is 2.41 bits per heavy atom. The van der Waals surface area contributed by atoms with Gasteiger partial charge in [0.05, 0.1) is 11.9 Å². The SMILES string of the molecule is CC(F)(F)c1ccc(-c2cnc3nc(COc4ccc(F)cn4)cn3c2)cn1.F. The number of fused-ring (bicyclic) bond motifs is 1. The first-order valence-electron chi connectivity index (χ1n) is 8.31. The minimum absolute atomic E-state index is 0. The maximum atomic E-state index is 13.3. The van der Waals surface area contributed by atoms with E-state index < -0.39 is 11.7 Å². The molecule has 0 saturated heterocycles. The van der Waals surface area contributed by atoms with E-state index in [0.29, 0.717) is 22.6 Å². The van der Waals surface area contributed by atoms with E-state index in [1.807, 2.05) is 0 Å². The maximum absolute atomic E-state index is 13.3. The van der Waals surface area contributed by atoms with Gasteiger partial charge in [0, 0.05) is 48.9 Å². The van der Waals surface area contributed by atoms with Crippen molar-refractivity contribution in [3.8, 4) is 17.0 Å². The summed E-state index contributed by atoms with van der Waals surface area (Å²) in [5.41, 5.74) is 1.68. The van der Waals surface area contributed by atoms with Crippen LogP contribution < -0.4 is 4.74 Å². The van der Waals surface area contributed by atoms with Crippen LogP contribution in [0.25, 0.3) is 16.9 Å². The van der Waals surface area contributed by atoms with Crippen LogP contribution in [0.2, 0.25) is 0 Å². The fraction of sp³-hybridized carbons (Fsp3) is 0.158. The number of hydrogen-bond acceptors (Lipinski definition) is 5. The standard InChI is InChI=1S/C19H14F3N5O.FH/c1-19(21,22)16-4-2-12(6-23-16)13-7-25-18-26-15(10-27(18)9-13)11-28-17-5-3-14(20)8-24-17;/h2-10H,11H2,1H3;1H. The van der Waals surface area contributed by atoms with E-state index >= 15 is 0 Å². The summed E-state index contributed by atoms with van der Waals surface area (Å²) in [5.74, 6) is -2.69. The molecule has 150 valence electrons. The molecule has 0 saturated carbocycles. The van der Waals surface area contributed by atoms with Crippen molar-refractivity contribution in [3.05, 3.63) is 72.5 Å². The fourth-order valence-electron chi connectivity index (χ4n) is 2.57. The molecule has 4 aromatic heterocycles. The topological polar surface area (TPSA) is 65.2 Å². The van der Waals surface area contributed by atoms with E-state index in [0.717, 1.165) is 13.1 Å². The zero-order valence-corrected chi connectivity index (χ0v) is 15.1. The van der Waals surface area contributed by atoms with E-state index in [-0.39, 0.29) is 22.9 Å². The highest BCUT2D eigenvalue weighted by atomic mass is 19.3. The molecule has 0 spiro atoms. The molecule has 0 aliphatic carbocycles. The molecule has 4 aromatic rings. The van der Waals surface area contributed by atoms with Crippen LogP contribution in [0.4, 0.5) is 17.9 Å². The molecule has 6 nitrogen and oxygen atoms in total.